The van der Waals surface area contributed by atoms with Gasteiger partial charge in [-0.2, -0.15) is 0 Å². The van der Waals surface area contributed by atoms with E-state index in [1.807, 2.05) is 19.0 Å². The summed E-state index contributed by atoms with van der Waals surface area (Å²) in [6.07, 6.45) is 6.07. The molecule has 30 heavy (non-hydrogen) atoms. The summed E-state index contributed by atoms with van der Waals surface area (Å²) in [6, 6.07) is 6.18. The van der Waals surface area contributed by atoms with Crippen molar-refractivity contribution in [3.8, 4) is 0 Å². The van der Waals surface area contributed by atoms with Gasteiger partial charge in [-0.3, -0.25) is 9.92 Å². The van der Waals surface area contributed by atoms with E-state index < -0.39 is 21.7 Å². The van der Waals surface area contributed by atoms with Gasteiger partial charge in [0.2, 0.25) is 0 Å². The molecule has 0 spiro atoms. The van der Waals surface area contributed by atoms with E-state index in [1.165, 1.54) is 34.4 Å². The number of benzene rings is 2. The maximum atomic E-state index is 14.6. The maximum Gasteiger partial charge on any atom is 0.353 e. The minimum atomic E-state index is -3.21. The van der Waals surface area contributed by atoms with Crippen LogP contribution in [-0.4, -0.2) is 25.0 Å². The quantitative estimate of drug-likeness (QED) is 0.671. The molecule has 0 aromatic heterocycles. The number of aryl methyl sites for hydroxylation is 2. The number of rotatable bonds is 4. The van der Waals surface area contributed by atoms with E-state index in [0.29, 0.717) is 6.54 Å². The first-order valence-electron chi connectivity index (χ1n) is 10.2. The van der Waals surface area contributed by atoms with Crippen molar-refractivity contribution in [3.63, 3.8) is 0 Å². The number of hydrogen-bond acceptors (Lipinski definition) is 3. The maximum absolute atomic E-state index is 14.6. The summed E-state index contributed by atoms with van der Waals surface area (Å²) in [5.41, 5.74) is 6.58. The Hall–Kier alpha value is -2.29. The number of halogens is 1. The number of urea groups is 1. The van der Waals surface area contributed by atoms with E-state index in [4.69, 9.17) is 9.92 Å². The van der Waals surface area contributed by atoms with Crippen LogP contribution in [0, 0.1) is 10.6 Å². The number of nitrogens with zero attached hydrogens (tertiary/aromatic N) is 2. The Morgan fingerprint density at radius 3 is 2.37 bits per heavy atom. The molecule has 4 rings (SSSR count). The Balaban J connectivity index is 1.63. The number of carbonyl (C=O) groups is 1. The molecule has 2 amide bonds. The fourth-order valence-electron chi connectivity index (χ4n) is 4.54. The highest BCUT2D eigenvalue weighted by atomic mass is 32.2. The number of nitrogens with one attached hydrogen (secondary N) is 2. The number of hydrogen-bond donors (Lipinski definition) is 3. The summed E-state index contributed by atoms with van der Waals surface area (Å²) in [5, 5.41) is 8.95. The van der Waals surface area contributed by atoms with Crippen molar-refractivity contribution in [1.29, 1.82) is 4.78 Å². The second kappa shape index (κ2) is 8.09. The van der Waals surface area contributed by atoms with Crippen molar-refractivity contribution < 1.29 is 9.18 Å². The Kier molecular flexibility index (Phi) is 5.65. The molecule has 2 aromatic rings. The first-order valence-corrected chi connectivity index (χ1v) is 11.9. The number of fused-ring (bicyclic) bond motifs is 2. The average molecular weight is 430 g/mol. The fraction of sp³-hybridized carbons (Fsp3) is 0.409. The van der Waals surface area contributed by atoms with Crippen LogP contribution >= 0.6 is 0 Å². The number of amides is 2. The molecule has 0 heterocycles. The van der Waals surface area contributed by atoms with E-state index in [9.17, 15) is 9.18 Å². The number of anilines is 1. The van der Waals surface area contributed by atoms with Gasteiger partial charge in [0.1, 0.15) is 5.82 Å². The van der Waals surface area contributed by atoms with Gasteiger partial charge in [-0.15, -0.1) is 4.36 Å². The molecule has 0 bridgehead atoms. The molecule has 0 radical (unpaired) electrons. The Labute approximate surface area is 177 Å². The van der Waals surface area contributed by atoms with Crippen molar-refractivity contribution in [3.05, 3.63) is 57.9 Å². The molecule has 2 aliphatic rings. The first-order chi connectivity index (χ1) is 14.2. The highest BCUT2D eigenvalue weighted by Gasteiger charge is 2.25. The molecular weight excluding hydrogens is 401 g/mol. The summed E-state index contributed by atoms with van der Waals surface area (Å²) in [5.74, 6) is -0.597. The van der Waals surface area contributed by atoms with Crippen molar-refractivity contribution in [2.24, 2.45) is 9.50 Å². The predicted molar refractivity (Wildman–Crippen MR) is 118 cm³/mol. The van der Waals surface area contributed by atoms with Crippen molar-refractivity contribution in [1.82, 2.24) is 4.90 Å². The predicted octanol–water partition coefficient (Wildman–Crippen LogP) is 4.43. The van der Waals surface area contributed by atoms with Gasteiger partial charge in [0.15, 0.2) is 0 Å². The molecular formula is C22H28FN5OS. The van der Waals surface area contributed by atoms with Crippen LogP contribution in [0.15, 0.2) is 33.5 Å². The smallest absolute Gasteiger partial charge is 0.305 e. The molecule has 1 atom stereocenters. The second-order valence-electron chi connectivity index (χ2n) is 8.38. The Morgan fingerprint density at radius 2 is 1.80 bits per heavy atom. The zero-order valence-corrected chi connectivity index (χ0v) is 18.2. The second-order valence-corrected chi connectivity index (χ2v) is 10.3. The van der Waals surface area contributed by atoms with Gasteiger partial charge in [-0.1, -0.05) is 12.1 Å². The molecule has 160 valence electrons. The van der Waals surface area contributed by atoms with Crippen LogP contribution in [0.5, 0.6) is 0 Å². The minimum absolute atomic E-state index is 0.0383. The first kappa shape index (κ1) is 21.0. The minimum Gasteiger partial charge on any atom is -0.305 e. The van der Waals surface area contributed by atoms with Crippen molar-refractivity contribution in [2.45, 2.75) is 50.0 Å². The van der Waals surface area contributed by atoms with Gasteiger partial charge in [0.25, 0.3) is 0 Å². The summed E-state index contributed by atoms with van der Waals surface area (Å²) >= 11 is 0. The molecule has 2 aliphatic carbocycles. The molecule has 2 aromatic carbocycles. The summed E-state index contributed by atoms with van der Waals surface area (Å²) < 4.78 is 27.0. The van der Waals surface area contributed by atoms with Crippen molar-refractivity contribution >= 4 is 21.5 Å². The molecule has 0 aliphatic heterocycles. The van der Waals surface area contributed by atoms with Gasteiger partial charge in [-0.25, -0.2) is 9.18 Å². The third kappa shape index (κ3) is 4.12. The zero-order chi connectivity index (χ0) is 21.5. The highest BCUT2D eigenvalue weighted by Crippen LogP contribution is 2.38. The van der Waals surface area contributed by atoms with E-state index in [-0.39, 0.29) is 4.90 Å². The standard InChI is InChI=1S/C22H28FN5OS/c1-28(2)13-14-9-10-20(19(23)11-14)30(24,25)27-22(29)26-21-17-7-3-5-15(17)12-16-6-4-8-18(16)21/h9-12H,3-8,13H2,1-2H3,(H4,24,25,26,27,29). The Morgan fingerprint density at radius 1 is 1.17 bits per heavy atom. The number of nitrogens with two attached hydrogens (primary N) is 1. The van der Waals surface area contributed by atoms with Gasteiger partial charge in [0.05, 0.1) is 4.90 Å². The third-order valence-electron chi connectivity index (χ3n) is 5.76. The third-order valence-corrected chi connectivity index (χ3v) is 7.22. The lowest BCUT2D eigenvalue weighted by molar-refractivity contribution is 0.260. The fourth-order valence-corrected chi connectivity index (χ4v) is 5.57. The zero-order valence-electron chi connectivity index (χ0n) is 17.4. The van der Waals surface area contributed by atoms with Crippen molar-refractivity contribution in [2.75, 3.05) is 19.4 Å². The summed E-state index contributed by atoms with van der Waals surface area (Å²) in [6.45, 7) is 0.573. The van der Waals surface area contributed by atoms with Crippen LogP contribution in [0.25, 0.3) is 0 Å². The molecule has 6 nitrogen and oxygen atoms in total. The van der Waals surface area contributed by atoms with Crippen LogP contribution in [0.1, 0.15) is 40.7 Å². The monoisotopic (exact) mass is 429 g/mol. The normalized spacial score (nSPS) is 16.8. The molecule has 4 N–H and O–H groups in total. The van der Waals surface area contributed by atoms with E-state index in [0.717, 1.165) is 49.8 Å². The van der Waals surface area contributed by atoms with Crippen LogP contribution < -0.4 is 10.5 Å². The lowest BCUT2D eigenvalue weighted by Crippen LogP contribution is -2.19. The molecule has 0 fully saturated rings. The molecule has 0 saturated carbocycles. The van der Waals surface area contributed by atoms with E-state index >= 15 is 0 Å². The lowest BCUT2D eigenvalue weighted by Gasteiger charge is -2.16. The van der Waals surface area contributed by atoms with Gasteiger partial charge < -0.3 is 10.2 Å². The lowest BCUT2D eigenvalue weighted by atomic mass is 9.99. The molecule has 1 unspecified atom stereocenters. The van der Waals surface area contributed by atoms with Crippen LogP contribution in [0.4, 0.5) is 14.9 Å². The highest BCUT2D eigenvalue weighted by molar-refractivity contribution is 7.92. The Bertz CT molecular complexity index is 1100. The summed E-state index contributed by atoms with van der Waals surface area (Å²) in [4.78, 5) is 14.6. The molecule has 0 saturated heterocycles. The summed E-state index contributed by atoms with van der Waals surface area (Å²) in [7, 11) is 0.579. The van der Waals surface area contributed by atoms with E-state index in [2.05, 4.69) is 15.7 Å². The topological polar surface area (TPSA) is 94.6 Å². The SMILES string of the molecule is CN(C)Cc1ccc(S(=N)(N)=NC(=O)Nc2c3c(cc4c2CCC4)CCC3)c(F)c1. The van der Waals surface area contributed by atoms with E-state index in [1.54, 1.807) is 6.07 Å². The largest absolute Gasteiger partial charge is 0.353 e. The van der Waals surface area contributed by atoms with Gasteiger partial charge in [-0.05, 0) is 92.6 Å². The van der Waals surface area contributed by atoms with Gasteiger partial charge >= 0.3 is 6.03 Å². The van der Waals surface area contributed by atoms with Crippen LogP contribution in [-0.2, 0) is 42.0 Å². The molecule has 8 heteroatoms. The van der Waals surface area contributed by atoms with Crippen LogP contribution in [0.3, 0.4) is 0 Å². The number of carbonyl (C=O) groups excluding carboxylic acids is 1. The van der Waals surface area contributed by atoms with Crippen LogP contribution in [0.2, 0.25) is 0 Å². The average Bonchev–Trinajstić information content (AvgIpc) is 3.29. The van der Waals surface area contributed by atoms with Gasteiger partial charge in [0, 0.05) is 22.0 Å².